The van der Waals surface area contributed by atoms with E-state index in [0.29, 0.717) is 29.0 Å². The zero-order chi connectivity index (χ0) is 14.7. The predicted octanol–water partition coefficient (Wildman–Crippen LogP) is 3.80. The lowest BCUT2D eigenvalue weighted by molar-refractivity contribution is 0.103. The molecule has 104 valence electrons. The van der Waals surface area contributed by atoms with Gasteiger partial charge in [-0.15, -0.1) is 0 Å². The van der Waals surface area contributed by atoms with Crippen molar-refractivity contribution in [2.45, 2.75) is 13.3 Å². The van der Waals surface area contributed by atoms with Gasteiger partial charge < -0.3 is 4.52 Å². The summed E-state index contributed by atoms with van der Waals surface area (Å²) in [7, 11) is 0. The molecule has 0 fully saturated rings. The molecule has 0 saturated heterocycles. The number of hydrogen-bond acceptors (Lipinski definition) is 3. The zero-order valence-corrected chi connectivity index (χ0v) is 11.7. The van der Waals surface area contributed by atoms with E-state index in [-0.39, 0.29) is 5.78 Å². The number of hydrogen-bond donors (Lipinski definition) is 0. The van der Waals surface area contributed by atoms with Gasteiger partial charge in [0.2, 0.25) is 0 Å². The topological polar surface area (TPSA) is 43.1 Å². The number of rotatable bonds is 4. The fraction of sp³-hybridized carbons (Fsp3) is 0.111. The lowest BCUT2D eigenvalue weighted by Gasteiger charge is -2.02. The highest BCUT2D eigenvalue weighted by Gasteiger charge is 2.21. The summed E-state index contributed by atoms with van der Waals surface area (Å²) in [6, 6.07) is 19.1. The Kier molecular flexibility index (Phi) is 3.65. The van der Waals surface area contributed by atoms with E-state index in [0.717, 1.165) is 5.56 Å². The fourth-order valence-corrected chi connectivity index (χ4v) is 2.34. The van der Waals surface area contributed by atoms with Gasteiger partial charge in [-0.05, 0) is 12.5 Å². The minimum absolute atomic E-state index is 0.0414. The molecule has 0 radical (unpaired) electrons. The van der Waals surface area contributed by atoms with Gasteiger partial charge in [0.15, 0.2) is 11.5 Å². The van der Waals surface area contributed by atoms with Gasteiger partial charge in [-0.25, -0.2) is 0 Å². The van der Waals surface area contributed by atoms with Crippen LogP contribution in [0.4, 0.5) is 0 Å². The second-order valence-electron chi connectivity index (χ2n) is 4.92. The number of carbonyl (C=O) groups excluding carboxylic acids is 1. The van der Waals surface area contributed by atoms with E-state index in [2.05, 4.69) is 5.16 Å². The van der Waals surface area contributed by atoms with Gasteiger partial charge in [0.25, 0.3) is 0 Å². The van der Waals surface area contributed by atoms with Crippen LogP contribution in [-0.2, 0) is 6.42 Å². The van der Waals surface area contributed by atoms with Crippen molar-refractivity contribution in [1.29, 1.82) is 0 Å². The normalized spacial score (nSPS) is 10.5. The molecule has 0 atom stereocenters. The third kappa shape index (κ3) is 2.77. The second-order valence-corrected chi connectivity index (χ2v) is 4.92. The molecule has 0 N–H and O–H groups in total. The first-order valence-electron chi connectivity index (χ1n) is 6.84. The second kappa shape index (κ2) is 5.75. The molecule has 0 aliphatic heterocycles. The quantitative estimate of drug-likeness (QED) is 0.681. The molecule has 0 saturated carbocycles. The Balaban J connectivity index is 1.96. The van der Waals surface area contributed by atoms with Crippen LogP contribution >= 0.6 is 0 Å². The van der Waals surface area contributed by atoms with Crippen molar-refractivity contribution < 1.29 is 9.32 Å². The fourth-order valence-electron chi connectivity index (χ4n) is 2.34. The minimum atomic E-state index is -0.0414. The first kappa shape index (κ1) is 13.3. The first-order chi connectivity index (χ1) is 10.3. The minimum Gasteiger partial charge on any atom is -0.360 e. The Bertz CT molecular complexity index is 745. The number of nitrogens with zero attached hydrogens (tertiary/aromatic N) is 1. The highest BCUT2D eigenvalue weighted by atomic mass is 16.5. The number of aromatic nitrogens is 1. The third-order valence-electron chi connectivity index (χ3n) is 3.40. The number of ketones is 1. The molecular weight excluding hydrogens is 262 g/mol. The van der Waals surface area contributed by atoms with Crippen LogP contribution in [0.5, 0.6) is 0 Å². The maximum atomic E-state index is 12.6. The van der Waals surface area contributed by atoms with Crippen LogP contribution in [-0.4, -0.2) is 10.9 Å². The highest BCUT2D eigenvalue weighted by Crippen LogP contribution is 2.21. The summed E-state index contributed by atoms with van der Waals surface area (Å²) in [6.07, 6.45) is 0.565. The molecule has 3 heteroatoms. The van der Waals surface area contributed by atoms with Crippen LogP contribution in [0.15, 0.2) is 65.2 Å². The summed E-state index contributed by atoms with van der Waals surface area (Å²) in [5, 5.41) is 3.96. The van der Waals surface area contributed by atoms with E-state index < -0.39 is 0 Å². The lowest BCUT2D eigenvalue weighted by atomic mass is 9.99. The van der Waals surface area contributed by atoms with Crippen LogP contribution in [0, 0.1) is 6.92 Å². The van der Waals surface area contributed by atoms with Crippen LogP contribution in [0.1, 0.15) is 32.9 Å². The summed E-state index contributed by atoms with van der Waals surface area (Å²) in [5.41, 5.74) is 2.95. The Morgan fingerprint density at radius 1 is 1.00 bits per heavy atom. The Hall–Kier alpha value is -2.68. The average Bonchev–Trinajstić information content (AvgIpc) is 2.89. The first-order valence-corrected chi connectivity index (χ1v) is 6.84. The zero-order valence-electron chi connectivity index (χ0n) is 11.7. The van der Waals surface area contributed by atoms with Crippen molar-refractivity contribution in [3.8, 4) is 0 Å². The molecule has 3 nitrogen and oxygen atoms in total. The summed E-state index contributed by atoms with van der Waals surface area (Å²) < 4.78 is 5.37. The molecule has 0 amide bonds. The van der Waals surface area contributed by atoms with Crippen molar-refractivity contribution in [2.24, 2.45) is 0 Å². The highest BCUT2D eigenvalue weighted by molar-refractivity contribution is 6.10. The molecule has 2 aromatic carbocycles. The maximum absolute atomic E-state index is 12.6. The molecule has 21 heavy (non-hydrogen) atoms. The van der Waals surface area contributed by atoms with E-state index in [1.165, 1.54) is 0 Å². The summed E-state index contributed by atoms with van der Waals surface area (Å²) in [4.78, 5) is 12.6. The molecule has 3 rings (SSSR count). The van der Waals surface area contributed by atoms with Gasteiger partial charge in [-0.1, -0.05) is 65.8 Å². The van der Waals surface area contributed by atoms with Gasteiger partial charge in [0, 0.05) is 12.0 Å². The predicted molar refractivity (Wildman–Crippen MR) is 80.4 cm³/mol. The van der Waals surface area contributed by atoms with Crippen molar-refractivity contribution in [3.05, 3.63) is 88.8 Å². The van der Waals surface area contributed by atoms with Gasteiger partial charge in [-0.3, -0.25) is 4.79 Å². The Morgan fingerprint density at radius 2 is 1.62 bits per heavy atom. The molecule has 0 aliphatic rings. The molecule has 0 spiro atoms. The van der Waals surface area contributed by atoms with Crippen molar-refractivity contribution in [2.75, 3.05) is 0 Å². The lowest BCUT2D eigenvalue weighted by Crippen LogP contribution is -2.05. The summed E-state index contributed by atoms with van der Waals surface area (Å²) in [5.74, 6) is 0.577. The van der Waals surface area contributed by atoms with Gasteiger partial charge in [0.1, 0.15) is 0 Å². The van der Waals surface area contributed by atoms with Crippen LogP contribution in [0.25, 0.3) is 0 Å². The van der Waals surface area contributed by atoms with Crippen LogP contribution in [0.2, 0.25) is 0 Å². The molecule has 0 aliphatic carbocycles. The smallest absolute Gasteiger partial charge is 0.198 e. The third-order valence-corrected chi connectivity index (χ3v) is 3.40. The van der Waals surface area contributed by atoms with E-state index in [4.69, 9.17) is 4.52 Å². The maximum Gasteiger partial charge on any atom is 0.198 e. The van der Waals surface area contributed by atoms with Crippen molar-refractivity contribution >= 4 is 5.78 Å². The molecule has 3 aromatic rings. The Morgan fingerprint density at radius 3 is 2.29 bits per heavy atom. The van der Waals surface area contributed by atoms with Crippen LogP contribution in [0.3, 0.4) is 0 Å². The van der Waals surface area contributed by atoms with Crippen molar-refractivity contribution in [1.82, 2.24) is 5.16 Å². The van der Waals surface area contributed by atoms with E-state index in [1.807, 2.05) is 48.5 Å². The van der Waals surface area contributed by atoms with E-state index in [1.54, 1.807) is 19.1 Å². The van der Waals surface area contributed by atoms with Gasteiger partial charge >= 0.3 is 0 Å². The van der Waals surface area contributed by atoms with E-state index >= 15 is 0 Å². The molecular formula is C18H15NO2. The summed E-state index contributed by atoms with van der Waals surface area (Å²) >= 11 is 0. The average molecular weight is 277 g/mol. The van der Waals surface area contributed by atoms with Crippen LogP contribution < -0.4 is 0 Å². The van der Waals surface area contributed by atoms with Crippen molar-refractivity contribution in [3.63, 3.8) is 0 Å². The number of benzene rings is 2. The molecule has 0 bridgehead atoms. The summed E-state index contributed by atoms with van der Waals surface area (Å²) in [6.45, 7) is 1.80. The molecule has 1 heterocycles. The molecule has 0 unspecified atom stereocenters. The van der Waals surface area contributed by atoms with E-state index in [9.17, 15) is 4.79 Å². The number of aryl methyl sites for hydroxylation is 1. The van der Waals surface area contributed by atoms with Gasteiger partial charge in [-0.2, -0.15) is 0 Å². The SMILES string of the molecule is Cc1noc(Cc2ccccc2)c1C(=O)c1ccccc1. The monoisotopic (exact) mass is 277 g/mol. The largest absolute Gasteiger partial charge is 0.360 e. The van der Waals surface area contributed by atoms with Gasteiger partial charge in [0.05, 0.1) is 11.3 Å². The Labute approximate surface area is 123 Å². The number of carbonyl (C=O) groups is 1. The standard InChI is InChI=1S/C18H15NO2/c1-13-17(18(20)15-10-6-3-7-11-15)16(21-19-13)12-14-8-4-2-5-9-14/h2-11H,12H2,1H3. The molecule has 1 aromatic heterocycles.